The molecule has 0 saturated heterocycles. The van der Waals surface area contributed by atoms with Crippen LogP contribution in [0.4, 0.5) is 5.69 Å². The summed E-state index contributed by atoms with van der Waals surface area (Å²) in [6.07, 6.45) is 0. The molecule has 0 amide bonds. The van der Waals surface area contributed by atoms with Crippen molar-refractivity contribution >= 4 is 27.4 Å². The Hall–Kier alpha value is -1.16. The molecule has 2 aromatic rings. The summed E-state index contributed by atoms with van der Waals surface area (Å²) in [5.74, 6) is 0. The summed E-state index contributed by atoms with van der Waals surface area (Å²) < 4.78 is 5.02. The second-order valence-electron chi connectivity index (χ2n) is 3.25. The fourth-order valence-electron chi connectivity index (χ4n) is 1.20. The molecule has 0 spiro atoms. The Bertz CT molecular complexity index is 408. The van der Waals surface area contributed by atoms with Gasteiger partial charge in [0.15, 0.2) is 0 Å². The second-order valence-corrected chi connectivity index (χ2v) is 4.04. The summed E-state index contributed by atoms with van der Waals surface area (Å²) in [4.78, 5) is 0. The Kier molecular flexibility index (Phi) is 2.14. The van der Waals surface area contributed by atoms with Crippen molar-refractivity contribution in [3.05, 3.63) is 18.2 Å². The van der Waals surface area contributed by atoms with Gasteiger partial charge in [0, 0.05) is 11.7 Å². The third-order valence-corrected chi connectivity index (χ3v) is 2.39. The summed E-state index contributed by atoms with van der Waals surface area (Å²) in [7, 11) is 0. The van der Waals surface area contributed by atoms with E-state index in [4.69, 9.17) is 0 Å². The Morgan fingerprint density at radius 3 is 3.00 bits per heavy atom. The average Bonchev–Trinajstić information content (AvgIpc) is 2.49. The van der Waals surface area contributed by atoms with Gasteiger partial charge in [0.05, 0.1) is 4.70 Å². The highest BCUT2D eigenvalue weighted by molar-refractivity contribution is 7.12. The van der Waals surface area contributed by atoms with Gasteiger partial charge in [-0.05, 0) is 43.6 Å². The summed E-state index contributed by atoms with van der Waals surface area (Å²) in [6, 6.07) is 6.56. The van der Waals surface area contributed by atoms with Gasteiger partial charge in [0.25, 0.3) is 0 Å². The van der Waals surface area contributed by atoms with Crippen LogP contribution < -0.4 is 5.32 Å². The van der Waals surface area contributed by atoms with Crippen LogP contribution in [0.25, 0.3) is 10.2 Å². The third-order valence-electron chi connectivity index (χ3n) is 1.70. The van der Waals surface area contributed by atoms with Crippen LogP contribution in [-0.4, -0.2) is 15.6 Å². The number of nitrogens with zero attached hydrogens (tertiary/aromatic N) is 2. The molecule has 0 aliphatic carbocycles. The van der Waals surface area contributed by atoms with Gasteiger partial charge in [-0.15, -0.1) is 5.10 Å². The Morgan fingerprint density at radius 1 is 1.38 bits per heavy atom. The highest BCUT2D eigenvalue weighted by Gasteiger charge is 2.00. The monoisotopic (exact) mass is 193 g/mol. The third kappa shape index (κ3) is 1.78. The standard InChI is InChI=1S/C9H11N3S/c1-6(2)10-7-3-4-8-9(5-7)13-12-11-8/h3-6,10H,1-2H3. The Balaban J connectivity index is 2.37. The van der Waals surface area contributed by atoms with E-state index < -0.39 is 0 Å². The first kappa shape index (κ1) is 8.44. The van der Waals surface area contributed by atoms with Crippen molar-refractivity contribution < 1.29 is 0 Å². The molecule has 4 heteroatoms. The number of benzene rings is 1. The summed E-state index contributed by atoms with van der Waals surface area (Å²) in [6.45, 7) is 4.24. The highest BCUT2D eigenvalue weighted by Crippen LogP contribution is 2.20. The number of hydrogen-bond donors (Lipinski definition) is 1. The molecule has 0 aliphatic rings. The SMILES string of the molecule is CC(C)Nc1ccc2nnsc2c1. The highest BCUT2D eigenvalue weighted by atomic mass is 32.1. The van der Waals surface area contributed by atoms with Crippen molar-refractivity contribution in [1.29, 1.82) is 0 Å². The van der Waals surface area contributed by atoms with Crippen LogP contribution in [-0.2, 0) is 0 Å². The maximum Gasteiger partial charge on any atom is 0.106 e. The fraction of sp³-hybridized carbons (Fsp3) is 0.333. The molecule has 13 heavy (non-hydrogen) atoms. The van der Waals surface area contributed by atoms with E-state index in [9.17, 15) is 0 Å². The lowest BCUT2D eigenvalue weighted by Gasteiger charge is -2.08. The topological polar surface area (TPSA) is 37.8 Å². The Labute approximate surface area is 80.9 Å². The first-order valence-corrected chi connectivity index (χ1v) is 5.02. The molecule has 0 aliphatic heterocycles. The molecule has 68 valence electrons. The fourth-order valence-corrected chi connectivity index (χ4v) is 1.80. The molecular formula is C9H11N3S. The summed E-state index contributed by atoms with van der Waals surface area (Å²) >= 11 is 1.43. The van der Waals surface area contributed by atoms with Crippen molar-refractivity contribution in [2.24, 2.45) is 0 Å². The molecule has 1 aromatic carbocycles. The van der Waals surface area contributed by atoms with Crippen LogP contribution in [0.15, 0.2) is 18.2 Å². The zero-order chi connectivity index (χ0) is 9.26. The van der Waals surface area contributed by atoms with Gasteiger partial charge in [-0.2, -0.15) is 0 Å². The van der Waals surface area contributed by atoms with E-state index in [-0.39, 0.29) is 0 Å². The Morgan fingerprint density at radius 2 is 2.23 bits per heavy atom. The molecule has 0 saturated carbocycles. The van der Waals surface area contributed by atoms with E-state index in [1.54, 1.807) is 0 Å². The largest absolute Gasteiger partial charge is 0.383 e. The normalized spacial score (nSPS) is 11.0. The van der Waals surface area contributed by atoms with E-state index in [1.165, 1.54) is 11.5 Å². The number of anilines is 1. The van der Waals surface area contributed by atoms with E-state index in [1.807, 2.05) is 12.1 Å². The van der Waals surface area contributed by atoms with Crippen LogP contribution >= 0.6 is 11.5 Å². The van der Waals surface area contributed by atoms with Crippen LogP contribution in [0.2, 0.25) is 0 Å². The number of fused-ring (bicyclic) bond motifs is 1. The smallest absolute Gasteiger partial charge is 0.106 e. The quantitative estimate of drug-likeness (QED) is 0.796. The lowest BCUT2D eigenvalue weighted by molar-refractivity contribution is 0.900. The first-order valence-electron chi connectivity index (χ1n) is 4.24. The lowest BCUT2D eigenvalue weighted by atomic mass is 10.2. The number of nitrogens with one attached hydrogen (secondary N) is 1. The van der Waals surface area contributed by atoms with Gasteiger partial charge < -0.3 is 5.32 Å². The van der Waals surface area contributed by atoms with Crippen LogP contribution in [0.5, 0.6) is 0 Å². The number of rotatable bonds is 2. The van der Waals surface area contributed by atoms with Gasteiger partial charge in [-0.25, -0.2) is 0 Å². The molecule has 2 rings (SSSR count). The van der Waals surface area contributed by atoms with Gasteiger partial charge >= 0.3 is 0 Å². The molecular weight excluding hydrogens is 182 g/mol. The van der Waals surface area contributed by atoms with Crippen molar-refractivity contribution in [2.45, 2.75) is 19.9 Å². The second kappa shape index (κ2) is 3.30. The van der Waals surface area contributed by atoms with E-state index >= 15 is 0 Å². The van der Waals surface area contributed by atoms with Gasteiger partial charge in [-0.3, -0.25) is 0 Å². The van der Waals surface area contributed by atoms with Gasteiger partial charge in [0.2, 0.25) is 0 Å². The minimum absolute atomic E-state index is 0.457. The van der Waals surface area contributed by atoms with Crippen molar-refractivity contribution in [2.75, 3.05) is 5.32 Å². The van der Waals surface area contributed by atoms with Crippen LogP contribution in [0, 0.1) is 0 Å². The predicted molar refractivity (Wildman–Crippen MR) is 56.2 cm³/mol. The maximum absolute atomic E-state index is 3.98. The maximum atomic E-state index is 3.98. The zero-order valence-electron chi connectivity index (χ0n) is 7.61. The minimum Gasteiger partial charge on any atom is -0.383 e. The molecule has 1 heterocycles. The number of hydrogen-bond acceptors (Lipinski definition) is 4. The minimum atomic E-state index is 0.457. The first-order chi connectivity index (χ1) is 6.25. The van der Waals surface area contributed by atoms with Crippen molar-refractivity contribution in [3.8, 4) is 0 Å². The molecule has 0 bridgehead atoms. The van der Waals surface area contributed by atoms with Crippen LogP contribution in [0.1, 0.15) is 13.8 Å². The van der Waals surface area contributed by atoms with Crippen molar-refractivity contribution in [3.63, 3.8) is 0 Å². The predicted octanol–water partition coefficient (Wildman–Crippen LogP) is 2.51. The number of aromatic nitrogens is 2. The molecule has 0 atom stereocenters. The molecule has 1 aromatic heterocycles. The molecule has 3 nitrogen and oxygen atoms in total. The van der Waals surface area contributed by atoms with Crippen molar-refractivity contribution in [1.82, 2.24) is 9.59 Å². The van der Waals surface area contributed by atoms with E-state index in [0.29, 0.717) is 6.04 Å². The lowest BCUT2D eigenvalue weighted by Crippen LogP contribution is -2.09. The van der Waals surface area contributed by atoms with Crippen LogP contribution in [0.3, 0.4) is 0 Å². The average molecular weight is 193 g/mol. The van der Waals surface area contributed by atoms with E-state index in [2.05, 4.69) is 34.8 Å². The zero-order valence-corrected chi connectivity index (χ0v) is 8.43. The molecule has 0 radical (unpaired) electrons. The summed E-state index contributed by atoms with van der Waals surface area (Å²) in [5, 5.41) is 7.32. The van der Waals surface area contributed by atoms with Gasteiger partial charge in [-0.1, -0.05) is 4.49 Å². The molecule has 0 fully saturated rings. The van der Waals surface area contributed by atoms with Gasteiger partial charge in [0.1, 0.15) is 5.52 Å². The molecule has 0 unspecified atom stereocenters. The molecule has 1 N–H and O–H groups in total. The van der Waals surface area contributed by atoms with E-state index in [0.717, 1.165) is 15.9 Å². The summed E-state index contributed by atoms with van der Waals surface area (Å²) in [5.41, 5.74) is 2.10.